The molecule has 3 heterocycles. The average molecular weight is 364 g/mol. The topological polar surface area (TPSA) is 87.2 Å². The number of ether oxygens (including phenoxy) is 1. The molecule has 1 aliphatic rings. The maximum Gasteiger partial charge on any atom is 0.257 e. The van der Waals surface area contributed by atoms with Crippen molar-refractivity contribution in [3.05, 3.63) is 54.5 Å². The first-order chi connectivity index (χ1) is 13.3. The highest BCUT2D eigenvalue weighted by Gasteiger charge is 2.26. The van der Waals surface area contributed by atoms with Gasteiger partial charge in [-0.15, -0.1) is 0 Å². The van der Waals surface area contributed by atoms with Gasteiger partial charge < -0.3 is 14.5 Å². The summed E-state index contributed by atoms with van der Waals surface area (Å²) in [5.74, 6) is 1.44. The van der Waals surface area contributed by atoms with Crippen LogP contribution in [0.2, 0.25) is 0 Å². The number of hydrogen-bond acceptors (Lipinski definition) is 6. The average Bonchev–Trinajstić information content (AvgIpc) is 3.24. The van der Waals surface area contributed by atoms with Crippen molar-refractivity contribution in [2.45, 2.75) is 0 Å². The number of piperazine rings is 1. The second-order valence-electron chi connectivity index (χ2n) is 6.22. The molecule has 3 aromatic rings. The number of carbonyl (C=O) groups excluding carboxylic acids is 1. The van der Waals surface area contributed by atoms with Crippen LogP contribution in [-0.4, -0.2) is 64.3 Å². The van der Waals surface area contributed by atoms with E-state index in [-0.39, 0.29) is 5.91 Å². The van der Waals surface area contributed by atoms with Crippen LogP contribution in [0, 0.1) is 0 Å². The van der Waals surface area contributed by atoms with Gasteiger partial charge in [-0.1, -0.05) is 0 Å². The van der Waals surface area contributed by atoms with Gasteiger partial charge in [0.15, 0.2) is 0 Å². The Balaban J connectivity index is 1.47. The van der Waals surface area contributed by atoms with E-state index < -0.39 is 0 Å². The molecule has 0 aliphatic carbocycles. The molecule has 138 valence electrons. The normalized spacial score (nSPS) is 14.3. The minimum absolute atomic E-state index is 0.0248. The summed E-state index contributed by atoms with van der Waals surface area (Å²) in [6, 6.07) is 9.34. The molecule has 0 atom stereocenters. The Morgan fingerprint density at radius 3 is 2.44 bits per heavy atom. The second-order valence-corrected chi connectivity index (χ2v) is 6.22. The molecule has 0 spiro atoms. The van der Waals surface area contributed by atoms with Crippen molar-refractivity contribution < 1.29 is 9.53 Å². The van der Waals surface area contributed by atoms with E-state index in [0.29, 0.717) is 37.7 Å². The molecule has 1 fully saturated rings. The fourth-order valence-corrected chi connectivity index (χ4v) is 3.16. The lowest BCUT2D eigenvalue weighted by molar-refractivity contribution is 0.0747. The van der Waals surface area contributed by atoms with Gasteiger partial charge in [-0.2, -0.15) is 5.10 Å². The standard InChI is InChI=1S/C19H20N6O2/c1-27-15-5-3-14(4-6-15)17-16(13-22-23-17)18(26)24-9-11-25(12-10-24)19-20-7-2-8-21-19/h2-8,13H,9-12H2,1H3,(H,22,23). The van der Waals surface area contributed by atoms with E-state index in [1.165, 1.54) is 0 Å². The third kappa shape index (κ3) is 3.46. The highest BCUT2D eigenvalue weighted by Crippen LogP contribution is 2.25. The zero-order chi connectivity index (χ0) is 18.6. The quantitative estimate of drug-likeness (QED) is 0.760. The Kier molecular flexibility index (Phi) is 4.69. The second kappa shape index (κ2) is 7.45. The number of nitrogens with one attached hydrogen (secondary N) is 1. The van der Waals surface area contributed by atoms with Crippen LogP contribution in [0.15, 0.2) is 48.9 Å². The fraction of sp³-hybridized carbons (Fsp3) is 0.263. The molecule has 0 radical (unpaired) electrons. The van der Waals surface area contributed by atoms with E-state index >= 15 is 0 Å². The van der Waals surface area contributed by atoms with E-state index in [0.717, 1.165) is 17.0 Å². The van der Waals surface area contributed by atoms with Crippen molar-refractivity contribution in [2.24, 2.45) is 0 Å². The first-order valence-corrected chi connectivity index (χ1v) is 8.75. The number of methoxy groups -OCH3 is 1. The molecule has 1 saturated heterocycles. The minimum atomic E-state index is -0.0248. The number of anilines is 1. The molecule has 4 rings (SSSR count). The summed E-state index contributed by atoms with van der Waals surface area (Å²) >= 11 is 0. The van der Waals surface area contributed by atoms with Gasteiger partial charge in [0.1, 0.15) is 5.75 Å². The molecule has 1 amide bonds. The van der Waals surface area contributed by atoms with E-state index in [1.54, 1.807) is 31.8 Å². The van der Waals surface area contributed by atoms with Crippen LogP contribution in [0.1, 0.15) is 10.4 Å². The number of aromatic amines is 1. The predicted molar refractivity (Wildman–Crippen MR) is 101 cm³/mol. The molecular formula is C19H20N6O2. The Bertz CT molecular complexity index is 901. The van der Waals surface area contributed by atoms with Crippen molar-refractivity contribution in [1.82, 2.24) is 25.1 Å². The summed E-state index contributed by atoms with van der Waals surface area (Å²) in [5.41, 5.74) is 2.19. The van der Waals surface area contributed by atoms with Crippen LogP contribution in [0.25, 0.3) is 11.3 Å². The van der Waals surface area contributed by atoms with Crippen molar-refractivity contribution in [3.8, 4) is 17.0 Å². The van der Waals surface area contributed by atoms with Gasteiger partial charge in [0.25, 0.3) is 5.91 Å². The van der Waals surface area contributed by atoms with Crippen LogP contribution in [0.5, 0.6) is 5.75 Å². The first kappa shape index (κ1) is 17.0. The highest BCUT2D eigenvalue weighted by molar-refractivity contribution is 5.99. The van der Waals surface area contributed by atoms with E-state index in [1.807, 2.05) is 29.2 Å². The lowest BCUT2D eigenvalue weighted by Gasteiger charge is -2.34. The number of nitrogens with zero attached hydrogens (tertiary/aromatic N) is 5. The molecule has 1 N–H and O–H groups in total. The summed E-state index contributed by atoms with van der Waals surface area (Å²) in [7, 11) is 1.63. The van der Waals surface area contributed by atoms with E-state index in [2.05, 4.69) is 25.1 Å². The number of rotatable bonds is 4. The molecule has 2 aromatic heterocycles. The van der Waals surface area contributed by atoms with Crippen molar-refractivity contribution >= 4 is 11.9 Å². The number of benzene rings is 1. The van der Waals surface area contributed by atoms with Gasteiger partial charge in [-0.25, -0.2) is 9.97 Å². The minimum Gasteiger partial charge on any atom is -0.497 e. The van der Waals surface area contributed by atoms with Crippen LogP contribution in [-0.2, 0) is 0 Å². The number of amides is 1. The van der Waals surface area contributed by atoms with Crippen LogP contribution >= 0.6 is 0 Å². The largest absolute Gasteiger partial charge is 0.497 e. The summed E-state index contributed by atoms with van der Waals surface area (Å²) in [4.78, 5) is 25.5. The SMILES string of the molecule is COc1ccc(-c2[nH]ncc2C(=O)N2CCN(c3ncccn3)CC2)cc1. The molecule has 0 saturated carbocycles. The smallest absolute Gasteiger partial charge is 0.257 e. The Morgan fingerprint density at radius 2 is 1.78 bits per heavy atom. The van der Waals surface area contributed by atoms with Crippen LogP contribution in [0.3, 0.4) is 0 Å². The Hall–Kier alpha value is -3.42. The van der Waals surface area contributed by atoms with Gasteiger partial charge in [-0.05, 0) is 30.3 Å². The molecule has 8 heteroatoms. The van der Waals surface area contributed by atoms with Gasteiger partial charge >= 0.3 is 0 Å². The maximum atomic E-state index is 13.0. The number of H-pyrrole nitrogens is 1. The number of hydrogen-bond donors (Lipinski definition) is 1. The molecular weight excluding hydrogens is 344 g/mol. The van der Waals surface area contributed by atoms with Crippen molar-refractivity contribution in [1.29, 1.82) is 0 Å². The first-order valence-electron chi connectivity index (χ1n) is 8.75. The van der Waals surface area contributed by atoms with Gasteiger partial charge in [0.2, 0.25) is 5.95 Å². The molecule has 1 aromatic carbocycles. The van der Waals surface area contributed by atoms with Gasteiger partial charge in [-0.3, -0.25) is 9.89 Å². The Labute approximate surface area is 156 Å². The number of carbonyl (C=O) groups is 1. The summed E-state index contributed by atoms with van der Waals surface area (Å²) in [6.07, 6.45) is 5.05. The zero-order valence-electron chi connectivity index (χ0n) is 15.0. The molecule has 0 unspecified atom stereocenters. The summed E-state index contributed by atoms with van der Waals surface area (Å²) in [6.45, 7) is 2.63. The summed E-state index contributed by atoms with van der Waals surface area (Å²) in [5, 5.41) is 7.03. The maximum absolute atomic E-state index is 13.0. The van der Waals surface area contributed by atoms with Gasteiger partial charge in [0, 0.05) is 44.1 Å². The van der Waals surface area contributed by atoms with E-state index in [9.17, 15) is 4.79 Å². The lowest BCUT2D eigenvalue weighted by atomic mass is 10.1. The monoisotopic (exact) mass is 364 g/mol. The molecule has 1 aliphatic heterocycles. The molecule has 8 nitrogen and oxygen atoms in total. The van der Waals surface area contributed by atoms with E-state index in [4.69, 9.17) is 4.74 Å². The predicted octanol–water partition coefficient (Wildman–Crippen LogP) is 1.84. The molecule has 0 bridgehead atoms. The number of aromatic nitrogens is 4. The summed E-state index contributed by atoms with van der Waals surface area (Å²) < 4.78 is 5.19. The lowest BCUT2D eigenvalue weighted by Crippen LogP contribution is -2.49. The highest BCUT2D eigenvalue weighted by atomic mass is 16.5. The van der Waals surface area contributed by atoms with Crippen molar-refractivity contribution in [2.75, 3.05) is 38.2 Å². The zero-order valence-corrected chi connectivity index (χ0v) is 15.0. The van der Waals surface area contributed by atoms with Crippen LogP contribution in [0.4, 0.5) is 5.95 Å². The third-order valence-electron chi connectivity index (χ3n) is 4.65. The van der Waals surface area contributed by atoms with Crippen LogP contribution < -0.4 is 9.64 Å². The fourth-order valence-electron chi connectivity index (χ4n) is 3.16. The molecule has 27 heavy (non-hydrogen) atoms. The third-order valence-corrected chi connectivity index (χ3v) is 4.65. The van der Waals surface area contributed by atoms with Crippen molar-refractivity contribution in [3.63, 3.8) is 0 Å². The Morgan fingerprint density at radius 1 is 1.07 bits per heavy atom. The van der Waals surface area contributed by atoms with Gasteiger partial charge in [0.05, 0.1) is 24.6 Å².